The summed E-state index contributed by atoms with van der Waals surface area (Å²) >= 11 is 0. The molecule has 0 aliphatic carbocycles. The average Bonchev–Trinajstić information content (AvgIpc) is 2.97. The zero-order chi connectivity index (χ0) is 16.0. The standard InChI is InChI=1S/C16H20F3NO2/c17-16(18,19)10-9-12-4-1-2-6-14(12)20-15(21)8-7-13-5-3-11-22-13/h1-2,4,6,13H,3,5,7-11H2,(H,20,21). The molecule has 1 N–H and O–H groups in total. The van der Waals surface area contributed by atoms with E-state index in [1.165, 1.54) is 0 Å². The molecule has 2 rings (SSSR count). The fourth-order valence-electron chi connectivity index (χ4n) is 2.51. The van der Waals surface area contributed by atoms with Gasteiger partial charge in [0.1, 0.15) is 0 Å². The first-order chi connectivity index (χ1) is 10.4. The second-order valence-electron chi connectivity index (χ2n) is 5.49. The molecule has 1 heterocycles. The van der Waals surface area contributed by atoms with Crippen molar-refractivity contribution in [2.75, 3.05) is 11.9 Å². The molecule has 1 aromatic rings. The molecule has 0 radical (unpaired) electrons. The molecule has 1 unspecified atom stereocenters. The number of para-hydroxylation sites is 1. The quantitative estimate of drug-likeness (QED) is 0.859. The van der Waals surface area contributed by atoms with Crippen LogP contribution < -0.4 is 5.32 Å². The van der Waals surface area contributed by atoms with E-state index in [1.807, 2.05) is 0 Å². The number of carbonyl (C=O) groups is 1. The van der Waals surface area contributed by atoms with Crippen molar-refractivity contribution in [3.8, 4) is 0 Å². The zero-order valence-corrected chi connectivity index (χ0v) is 12.3. The van der Waals surface area contributed by atoms with Crippen molar-refractivity contribution in [2.45, 2.75) is 50.8 Å². The lowest BCUT2D eigenvalue weighted by atomic mass is 10.1. The molecule has 0 spiro atoms. The SMILES string of the molecule is O=C(CCC1CCCO1)Nc1ccccc1CCC(F)(F)F. The Bertz CT molecular complexity index is 496. The van der Waals surface area contributed by atoms with Crippen LogP contribution in [0.2, 0.25) is 0 Å². The lowest BCUT2D eigenvalue weighted by Gasteiger charge is -2.13. The third-order valence-electron chi connectivity index (χ3n) is 3.69. The van der Waals surface area contributed by atoms with Crippen molar-refractivity contribution >= 4 is 11.6 Å². The molecule has 1 saturated heterocycles. The van der Waals surface area contributed by atoms with Crippen molar-refractivity contribution in [3.63, 3.8) is 0 Å². The first-order valence-corrected chi connectivity index (χ1v) is 7.50. The summed E-state index contributed by atoms with van der Waals surface area (Å²) in [5, 5.41) is 2.71. The Morgan fingerprint density at radius 1 is 1.32 bits per heavy atom. The van der Waals surface area contributed by atoms with Crippen LogP contribution >= 0.6 is 0 Å². The summed E-state index contributed by atoms with van der Waals surface area (Å²) in [4.78, 5) is 11.9. The Morgan fingerprint density at radius 3 is 2.77 bits per heavy atom. The summed E-state index contributed by atoms with van der Waals surface area (Å²) in [5.41, 5.74) is 0.967. The maximum atomic E-state index is 12.3. The van der Waals surface area contributed by atoms with Crippen LogP contribution in [0, 0.1) is 0 Å². The van der Waals surface area contributed by atoms with Gasteiger partial charge in [-0.3, -0.25) is 4.79 Å². The highest BCUT2D eigenvalue weighted by atomic mass is 19.4. The molecule has 0 saturated carbocycles. The second kappa shape index (κ2) is 7.63. The maximum absolute atomic E-state index is 12.3. The maximum Gasteiger partial charge on any atom is 0.389 e. The Balaban J connectivity index is 1.86. The van der Waals surface area contributed by atoms with Crippen LogP contribution in [-0.2, 0) is 16.0 Å². The molecule has 6 heteroatoms. The number of halogens is 3. The molecule has 1 aliphatic heterocycles. The molecule has 1 aliphatic rings. The number of anilines is 1. The summed E-state index contributed by atoms with van der Waals surface area (Å²) in [6.45, 7) is 0.743. The third-order valence-corrected chi connectivity index (χ3v) is 3.69. The molecule has 1 fully saturated rings. The summed E-state index contributed by atoms with van der Waals surface area (Å²) in [5.74, 6) is -0.185. The van der Waals surface area contributed by atoms with Crippen molar-refractivity contribution in [1.29, 1.82) is 0 Å². The molecule has 0 aromatic heterocycles. The fourth-order valence-corrected chi connectivity index (χ4v) is 2.51. The van der Waals surface area contributed by atoms with Gasteiger partial charge >= 0.3 is 6.18 Å². The molecule has 1 amide bonds. The second-order valence-corrected chi connectivity index (χ2v) is 5.49. The van der Waals surface area contributed by atoms with E-state index >= 15 is 0 Å². The Morgan fingerprint density at radius 2 is 2.09 bits per heavy atom. The Kier molecular flexibility index (Phi) is 5.83. The lowest BCUT2D eigenvalue weighted by Crippen LogP contribution is -2.16. The van der Waals surface area contributed by atoms with Crippen LogP contribution in [0.25, 0.3) is 0 Å². The number of alkyl halides is 3. The highest BCUT2D eigenvalue weighted by molar-refractivity contribution is 5.91. The van der Waals surface area contributed by atoms with Gasteiger partial charge in [0.05, 0.1) is 6.10 Å². The third kappa shape index (κ3) is 5.67. The van der Waals surface area contributed by atoms with Gasteiger partial charge in [0.25, 0.3) is 0 Å². The molecule has 22 heavy (non-hydrogen) atoms. The summed E-state index contributed by atoms with van der Waals surface area (Å²) < 4.78 is 42.4. The predicted octanol–water partition coefficient (Wildman–Crippen LogP) is 4.08. The summed E-state index contributed by atoms with van der Waals surface area (Å²) in [6.07, 6.45) is -2.14. The van der Waals surface area contributed by atoms with Gasteiger partial charge in [-0.1, -0.05) is 18.2 Å². The van der Waals surface area contributed by atoms with E-state index in [9.17, 15) is 18.0 Å². The van der Waals surface area contributed by atoms with E-state index in [-0.39, 0.29) is 18.4 Å². The van der Waals surface area contributed by atoms with Crippen molar-refractivity contribution < 1.29 is 22.7 Å². The lowest BCUT2D eigenvalue weighted by molar-refractivity contribution is -0.133. The fraction of sp³-hybridized carbons (Fsp3) is 0.562. The largest absolute Gasteiger partial charge is 0.389 e. The number of aryl methyl sites for hydroxylation is 1. The van der Waals surface area contributed by atoms with Gasteiger partial charge in [-0.2, -0.15) is 13.2 Å². The van der Waals surface area contributed by atoms with E-state index < -0.39 is 12.6 Å². The normalized spacial score (nSPS) is 18.4. The first-order valence-electron chi connectivity index (χ1n) is 7.50. The highest BCUT2D eigenvalue weighted by Crippen LogP contribution is 2.25. The van der Waals surface area contributed by atoms with Crippen LogP contribution in [0.4, 0.5) is 18.9 Å². The topological polar surface area (TPSA) is 38.3 Å². The van der Waals surface area contributed by atoms with Crippen LogP contribution in [-0.4, -0.2) is 24.8 Å². The van der Waals surface area contributed by atoms with Crippen LogP contribution in [0.15, 0.2) is 24.3 Å². The molecule has 1 aromatic carbocycles. The molecular weight excluding hydrogens is 295 g/mol. The van der Waals surface area contributed by atoms with Gasteiger partial charge in [-0.05, 0) is 37.3 Å². The van der Waals surface area contributed by atoms with Gasteiger partial charge in [-0.25, -0.2) is 0 Å². The van der Waals surface area contributed by atoms with Crippen LogP contribution in [0.1, 0.15) is 37.7 Å². The van der Waals surface area contributed by atoms with E-state index in [0.29, 0.717) is 24.1 Å². The van der Waals surface area contributed by atoms with Crippen LogP contribution in [0.3, 0.4) is 0 Å². The first kappa shape index (κ1) is 16.8. The van der Waals surface area contributed by atoms with Gasteiger partial charge < -0.3 is 10.1 Å². The van der Waals surface area contributed by atoms with Gasteiger partial charge in [0.2, 0.25) is 5.91 Å². The van der Waals surface area contributed by atoms with Crippen LogP contribution in [0.5, 0.6) is 0 Å². The van der Waals surface area contributed by atoms with E-state index in [2.05, 4.69) is 5.32 Å². The predicted molar refractivity (Wildman–Crippen MR) is 77.7 cm³/mol. The number of amides is 1. The molecule has 0 bridgehead atoms. The number of hydrogen-bond acceptors (Lipinski definition) is 2. The average molecular weight is 315 g/mol. The van der Waals surface area contributed by atoms with E-state index in [1.54, 1.807) is 24.3 Å². The molecule has 1 atom stereocenters. The van der Waals surface area contributed by atoms with Gasteiger partial charge in [-0.15, -0.1) is 0 Å². The smallest absolute Gasteiger partial charge is 0.378 e. The van der Waals surface area contributed by atoms with Gasteiger partial charge in [0, 0.05) is 25.1 Å². The summed E-state index contributed by atoms with van der Waals surface area (Å²) in [7, 11) is 0. The Labute approximate surface area is 127 Å². The molecule has 3 nitrogen and oxygen atoms in total. The monoisotopic (exact) mass is 315 g/mol. The molecular formula is C16H20F3NO2. The number of benzene rings is 1. The van der Waals surface area contributed by atoms with Gasteiger partial charge in [0.15, 0.2) is 0 Å². The number of nitrogens with one attached hydrogen (secondary N) is 1. The Hall–Kier alpha value is -1.56. The minimum atomic E-state index is -4.20. The van der Waals surface area contributed by atoms with E-state index in [4.69, 9.17) is 4.74 Å². The summed E-state index contributed by atoms with van der Waals surface area (Å²) in [6, 6.07) is 6.62. The number of rotatable bonds is 6. The minimum absolute atomic E-state index is 0.131. The zero-order valence-electron chi connectivity index (χ0n) is 12.3. The highest BCUT2D eigenvalue weighted by Gasteiger charge is 2.27. The van der Waals surface area contributed by atoms with Crippen molar-refractivity contribution in [2.24, 2.45) is 0 Å². The molecule has 122 valence electrons. The number of ether oxygens (including phenoxy) is 1. The van der Waals surface area contributed by atoms with E-state index in [0.717, 1.165) is 19.4 Å². The van der Waals surface area contributed by atoms with Crippen molar-refractivity contribution in [1.82, 2.24) is 0 Å². The minimum Gasteiger partial charge on any atom is -0.378 e. The number of hydrogen-bond donors (Lipinski definition) is 1. The number of carbonyl (C=O) groups excluding carboxylic acids is 1. The van der Waals surface area contributed by atoms with Crippen molar-refractivity contribution in [3.05, 3.63) is 29.8 Å².